The Morgan fingerprint density at radius 2 is 2.11 bits per heavy atom. The highest BCUT2D eigenvalue weighted by Gasteiger charge is 2.11. The molecular weight excluding hydrogens is 276 g/mol. The largest absolute Gasteiger partial charge is 0.495 e. The standard InChI is InChI=1S/C11H17ClN2O3S/c1-13-6-3-7-18(15,16)14-9-4-5-11(17-2)10(12)8-9/h4-5,8,13-14H,3,6-7H2,1-2H3. The van der Waals surface area contributed by atoms with Crippen LogP contribution in [0.4, 0.5) is 5.69 Å². The van der Waals surface area contributed by atoms with Crippen molar-refractivity contribution in [3.8, 4) is 5.75 Å². The lowest BCUT2D eigenvalue weighted by atomic mass is 10.3. The number of methoxy groups -OCH3 is 1. The highest BCUT2D eigenvalue weighted by molar-refractivity contribution is 7.92. The first kappa shape index (κ1) is 15.1. The van der Waals surface area contributed by atoms with Crippen molar-refractivity contribution >= 4 is 27.3 Å². The molecule has 0 saturated carbocycles. The number of hydrogen-bond acceptors (Lipinski definition) is 4. The van der Waals surface area contributed by atoms with Crippen molar-refractivity contribution in [3.63, 3.8) is 0 Å². The molecule has 0 atom stereocenters. The second kappa shape index (κ2) is 6.82. The van der Waals surface area contributed by atoms with Gasteiger partial charge in [0.05, 0.1) is 23.6 Å². The molecule has 0 saturated heterocycles. The van der Waals surface area contributed by atoms with Crippen molar-refractivity contribution in [2.24, 2.45) is 0 Å². The van der Waals surface area contributed by atoms with Gasteiger partial charge in [-0.3, -0.25) is 4.72 Å². The van der Waals surface area contributed by atoms with Crippen LogP contribution in [0.5, 0.6) is 5.75 Å². The van der Waals surface area contributed by atoms with Crippen LogP contribution in [-0.2, 0) is 10.0 Å². The molecule has 0 spiro atoms. The van der Waals surface area contributed by atoms with Gasteiger partial charge in [-0.1, -0.05) is 11.6 Å². The molecule has 1 rings (SSSR count). The van der Waals surface area contributed by atoms with Gasteiger partial charge >= 0.3 is 0 Å². The zero-order chi connectivity index (χ0) is 13.6. The third-order valence-corrected chi connectivity index (χ3v) is 3.93. The second-order valence-corrected chi connectivity index (χ2v) is 5.98. The first-order valence-electron chi connectivity index (χ1n) is 5.47. The Morgan fingerprint density at radius 1 is 1.39 bits per heavy atom. The first-order valence-corrected chi connectivity index (χ1v) is 7.50. The fourth-order valence-corrected chi connectivity index (χ4v) is 2.77. The summed E-state index contributed by atoms with van der Waals surface area (Å²) in [6.45, 7) is 0.657. The van der Waals surface area contributed by atoms with Gasteiger partial charge in [0.2, 0.25) is 10.0 Å². The highest BCUT2D eigenvalue weighted by atomic mass is 35.5. The SMILES string of the molecule is CNCCCS(=O)(=O)Nc1ccc(OC)c(Cl)c1. The zero-order valence-corrected chi connectivity index (χ0v) is 11.9. The van der Waals surface area contributed by atoms with Gasteiger partial charge in [-0.05, 0) is 38.2 Å². The van der Waals surface area contributed by atoms with Gasteiger partial charge in [-0.25, -0.2) is 8.42 Å². The van der Waals surface area contributed by atoms with Gasteiger partial charge in [0.25, 0.3) is 0 Å². The Morgan fingerprint density at radius 3 is 2.67 bits per heavy atom. The van der Waals surface area contributed by atoms with E-state index in [0.717, 1.165) is 0 Å². The topological polar surface area (TPSA) is 67.4 Å². The lowest BCUT2D eigenvalue weighted by molar-refractivity contribution is 0.415. The Bertz CT molecular complexity index is 491. The Hall–Kier alpha value is -0.980. The van der Waals surface area contributed by atoms with Crippen molar-refractivity contribution in [2.75, 3.05) is 31.2 Å². The summed E-state index contributed by atoms with van der Waals surface area (Å²) in [4.78, 5) is 0. The molecule has 1 aromatic rings. The third-order valence-electron chi connectivity index (χ3n) is 2.26. The number of sulfonamides is 1. The maximum atomic E-state index is 11.7. The molecule has 5 nitrogen and oxygen atoms in total. The smallest absolute Gasteiger partial charge is 0.232 e. The molecule has 0 amide bonds. The molecule has 7 heteroatoms. The predicted molar refractivity (Wildman–Crippen MR) is 74.0 cm³/mol. The third kappa shape index (κ3) is 4.72. The van der Waals surface area contributed by atoms with E-state index in [1.165, 1.54) is 13.2 Å². The summed E-state index contributed by atoms with van der Waals surface area (Å²) in [5.74, 6) is 0.576. The minimum absolute atomic E-state index is 0.0670. The molecule has 0 unspecified atom stereocenters. The van der Waals surface area contributed by atoms with E-state index in [4.69, 9.17) is 16.3 Å². The molecule has 0 aliphatic heterocycles. The minimum atomic E-state index is -3.33. The molecule has 1 aromatic carbocycles. The van der Waals surface area contributed by atoms with E-state index >= 15 is 0 Å². The van der Waals surface area contributed by atoms with Gasteiger partial charge in [-0.15, -0.1) is 0 Å². The monoisotopic (exact) mass is 292 g/mol. The molecule has 2 N–H and O–H groups in total. The molecule has 0 aliphatic rings. The van der Waals surface area contributed by atoms with E-state index in [0.29, 0.717) is 29.4 Å². The van der Waals surface area contributed by atoms with Crippen LogP contribution in [0.2, 0.25) is 5.02 Å². The van der Waals surface area contributed by atoms with Crippen LogP contribution < -0.4 is 14.8 Å². The van der Waals surface area contributed by atoms with Crippen LogP contribution in [0.15, 0.2) is 18.2 Å². The van der Waals surface area contributed by atoms with Crippen LogP contribution in [0.1, 0.15) is 6.42 Å². The number of halogens is 1. The molecule has 0 heterocycles. The average Bonchev–Trinajstić information content (AvgIpc) is 2.29. The lowest BCUT2D eigenvalue weighted by Crippen LogP contribution is -2.20. The Kier molecular flexibility index (Phi) is 5.71. The Balaban J connectivity index is 2.69. The van der Waals surface area contributed by atoms with Crippen molar-refractivity contribution in [3.05, 3.63) is 23.2 Å². The van der Waals surface area contributed by atoms with E-state index in [2.05, 4.69) is 10.0 Å². The fraction of sp³-hybridized carbons (Fsp3) is 0.455. The highest BCUT2D eigenvalue weighted by Crippen LogP contribution is 2.27. The minimum Gasteiger partial charge on any atom is -0.495 e. The number of benzene rings is 1. The maximum absolute atomic E-state index is 11.7. The molecule has 0 fully saturated rings. The molecule has 0 aromatic heterocycles. The van der Waals surface area contributed by atoms with Crippen LogP contribution >= 0.6 is 11.6 Å². The number of ether oxygens (including phenoxy) is 1. The number of anilines is 1. The van der Waals surface area contributed by atoms with Crippen LogP contribution in [0.25, 0.3) is 0 Å². The molecule has 18 heavy (non-hydrogen) atoms. The van der Waals surface area contributed by atoms with Gasteiger partial charge in [0.1, 0.15) is 5.75 Å². The number of nitrogens with one attached hydrogen (secondary N) is 2. The number of rotatable bonds is 7. The molecular formula is C11H17ClN2O3S. The molecule has 0 bridgehead atoms. The maximum Gasteiger partial charge on any atom is 0.232 e. The summed E-state index contributed by atoms with van der Waals surface area (Å²) in [6.07, 6.45) is 0.551. The zero-order valence-electron chi connectivity index (χ0n) is 10.4. The predicted octanol–water partition coefficient (Wildman–Crippen LogP) is 1.70. The summed E-state index contributed by atoms with van der Waals surface area (Å²) in [5.41, 5.74) is 0.435. The number of hydrogen-bond donors (Lipinski definition) is 2. The van der Waals surface area contributed by atoms with E-state index in [1.807, 2.05) is 0 Å². The van der Waals surface area contributed by atoms with Crippen molar-refractivity contribution < 1.29 is 13.2 Å². The second-order valence-electron chi connectivity index (χ2n) is 3.73. The summed E-state index contributed by atoms with van der Waals surface area (Å²) in [6, 6.07) is 4.75. The first-order chi connectivity index (χ1) is 8.48. The Labute approximate surface area is 113 Å². The summed E-state index contributed by atoms with van der Waals surface area (Å²) in [7, 11) is -0.0488. The quantitative estimate of drug-likeness (QED) is 0.751. The normalized spacial score (nSPS) is 11.3. The summed E-state index contributed by atoms with van der Waals surface area (Å²) >= 11 is 5.92. The van der Waals surface area contributed by atoms with Gasteiger partial charge in [-0.2, -0.15) is 0 Å². The lowest BCUT2D eigenvalue weighted by Gasteiger charge is -2.09. The van der Waals surface area contributed by atoms with Gasteiger partial charge < -0.3 is 10.1 Å². The van der Waals surface area contributed by atoms with Crippen molar-refractivity contribution in [1.29, 1.82) is 0 Å². The van der Waals surface area contributed by atoms with Crippen LogP contribution in [-0.4, -0.2) is 34.9 Å². The van der Waals surface area contributed by atoms with E-state index in [-0.39, 0.29) is 5.75 Å². The summed E-state index contributed by atoms with van der Waals surface area (Å²) < 4.78 is 30.9. The van der Waals surface area contributed by atoms with E-state index in [9.17, 15) is 8.42 Å². The van der Waals surface area contributed by atoms with Crippen LogP contribution in [0.3, 0.4) is 0 Å². The van der Waals surface area contributed by atoms with Gasteiger partial charge in [0.15, 0.2) is 0 Å². The van der Waals surface area contributed by atoms with Crippen molar-refractivity contribution in [1.82, 2.24) is 5.32 Å². The molecule has 102 valence electrons. The van der Waals surface area contributed by atoms with Crippen molar-refractivity contribution in [2.45, 2.75) is 6.42 Å². The van der Waals surface area contributed by atoms with E-state index < -0.39 is 10.0 Å². The van der Waals surface area contributed by atoms with Gasteiger partial charge in [0, 0.05) is 0 Å². The summed E-state index contributed by atoms with van der Waals surface area (Å²) in [5, 5.41) is 3.27. The molecule has 0 radical (unpaired) electrons. The van der Waals surface area contributed by atoms with Crippen LogP contribution in [0, 0.1) is 0 Å². The van der Waals surface area contributed by atoms with E-state index in [1.54, 1.807) is 19.2 Å². The average molecular weight is 293 g/mol. The molecule has 0 aliphatic carbocycles. The fourth-order valence-electron chi connectivity index (χ4n) is 1.40.